The van der Waals surface area contributed by atoms with Crippen LogP contribution in [0.15, 0.2) is 53.0 Å². The number of halogens is 3. The number of thiazole rings is 1. The molecule has 4 aromatic rings. The maximum Gasteiger partial charge on any atom is 0.251 e. The molecule has 0 bridgehead atoms. The Morgan fingerprint density at radius 2 is 1.79 bits per heavy atom. The Kier molecular flexibility index (Phi) is 9.32. The van der Waals surface area contributed by atoms with Crippen molar-refractivity contribution in [3.63, 3.8) is 0 Å². The number of carbonyl (C=O) groups excluding carboxylic acids is 2. The number of aromatic nitrogens is 4. The molecule has 0 radical (unpaired) electrons. The van der Waals surface area contributed by atoms with Crippen molar-refractivity contribution in [1.82, 2.24) is 25.1 Å². The van der Waals surface area contributed by atoms with E-state index in [0.717, 1.165) is 11.3 Å². The lowest BCUT2D eigenvalue weighted by molar-refractivity contribution is -0.113. The smallest absolute Gasteiger partial charge is 0.251 e. The highest BCUT2D eigenvalue weighted by molar-refractivity contribution is 7.99. The summed E-state index contributed by atoms with van der Waals surface area (Å²) in [5.74, 6) is 0.184. The van der Waals surface area contributed by atoms with E-state index >= 15 is 0 Å². The maximum atomic E-state index is 12.9. The van der Waals surface area contributed by atoms with Gasteiger partial charge < -0.3 is 15.2 Å². The van der Waals surface area contributed by atoms with Crippen LogP contribution in [0.3, 0.4) is 0 Å². The number of hydrogen-bond donors (Lipinski definition) is 2. The van der Waals surface area contributed by atoms with Gasteiger partial charge in [0.15, 0.2) is 16.1 Å². The molecule has 8 nitrogen and oxygen atoms in total. The van der Waals surface area contributed by atoms with Gasteiger partial charge in [0.2, 0.25) is 5.91 Å². The zero-order valence-electron chi connectivity index (χ0n) is 20.5. The van der Waals surface area contributed by atoms with Crippen LogP contribution in [-0.4, -0.2) is 37.3 Å². The Morgan fingerprint density at radius 3 is 2.47 bits per heavy atom. The van der Waals surface area contributed by atoms with Crippen molar-refractivity contribution in [1.29, 1.82) is 0 Å². The summed E-state index contributed by atoms with van der Waals surface area (Å²) in [4.78, 5) is 29.9. The Balaban J connectivity index is 1.38. The van der Waals surface area contributed by atoms with Gasteiger partial charge in [-0.3, -0.25) is 9.59 Å². The van der Waals surface area contributed by atoms with Crippen molar-refractivity contribution >= 4 is 74.8 Å². The summed E-state index contributed by atoms with van der Waals surface area (Å²) in [7, 11) is 1.80. The van der Waals surface area contributed by atoms with Gasteiger partial charge in [0.1, 0.15) is 0 Å². The van der Waals surface area contributed by atoms with Crippen LogP contribution in [0.25, 0.3) is 11.3 Å². The van der Waals surface area contributed by atoms with Crippen LogP contribution in [0.5, 0.6) is 0 Å². The van der Waals surface area contributed by atoms with Crippen LogP contribution in [0.1, 0.15) is 36.1 Å². The Labute approximate surface area is 243 Å². The van der Waals surface area contributed by atoms with Gasteiger partial charge in [0.25, 0.3) is 5.91 Å². The highest BCUT2D eigenvalue weighted by Crippen LogP contribution is 2.28. The van der Waals surface area contributed by atoms with E-state index in [9.17, 15) is 9.59 Å². The van der Waals surface area contributed by atoms with Gasteiger partial charge in [-0.05, 0) is 36.2 Å². The molecule has 0 aliphatic carbocycles. The van der Waals surface area contributed by atoms with E-state index in [1.165, 1.54) is 29.2 Å². The van der Waals surface area contributed by atoms with Crippen LogP contribution in [0, 0.1) is 5.92 Å². The van der Waals surface area contributed by atoms with E-state index in [4.69, 9.17) is 34.8 Å². The van der Waals surface area contributed by atoms with Crippen LogP contribution in [-0.2, 0) is 11.8 Å². The van der Waals surface area contributed by atoms with E-state index in [1.54, 1.807) is 35.9 Å². The summed E-state index contributed by atoms with van der Waals surface area (Å²) in [5.41, 5.74) is 2.06. The predicted octanol–water partition coefficient (Wildman–Crippen LogP) is 6.76. The van der Waals surface area contributed by atoms with Crippen molar-refractivity contribution in [3.05, 3.63) is 74.3 Å². The first-order chi connectivity index (χ1) is 18.1. The third-order valence-electron chi connectivity index (χ3n) is 5.50. The number of anilines is 1. The first-order valence-corrected chi connectivity index (χ1v) is 14.4. The fraction of sp³-hybridized carbons (Fsp3) is 0.240. The second-order valence-electron chi connectivity index (χ2n) is 8.61. The molecule has 0 fully saturated rings. The molecule has 0 unspecified atom stereocenters. The Morgan fingerprint density at radius 1 is 1.05 bits per heavy atom. The lowest BCUT2D eigenvalue weighted by Crippen LogP contribution is -2.33. The molecule has 2 N–H and O–H groups in total. The second kappa shape index (κ2) is 12.5. The van der Waals surface area contributed by atoms with Crippen LogP contribution in [0.4, 0.5) is 5.13 Å². The number of benzene rings is 2. The normalized spacial score (nSPS) is 12.0. The summed E-state index contributed by atoms with van der Waals surface area (Å²) in [6, 6.07) is 11.6. The molecule has 2 amide bonds. The zero-order valence-corrected chi connectivity index (χ0v) is 24.4. The highest BCUT2D eigenvalue weighted by atomic mass is 35.5. The first-order valence-electron chi connectivity index (χ1n) is 11.4. The van der Waals surface area contributed by atoms with Crippen LogP contribution >= 0.6 is 57.9 Å². The third kappa shape index (κ3) is 6.86. The van der Waals surface area contributed by atoms with Crippen LogP contribution < -0.4 is 10.6 Å². The lowest BCUT2D eigenvalue weighted by Gasteiger charge is -2.21. The lowest BCUT2D eigenvalue weighted by atomic mass is 10.0. The predicted molar refractivity (Wildman–Crippen MR) is 154 cm³/mol. The molecule has 38 heavy (non-hydrogen) atoms. The maximum absolute atomic E-state index is 12.9. The van der Waals surface area contributed by atoms with Crippen molar-refractivity contribution in [2.24, 2.45) is 13.0 Å². The molecule has 198 valence electrons. The summed E-state index contributed by atoms with van der Waals surface area (Å²) in [5, 5.41) is 18.6. The van der Waals surface area contributed by atoms with Crippen molar-refractivity contribution in [2.45, 2.75) is 25.0 Å². The summed E-state index contributed by atoms with van der Waals surface area (Å²) in [6.45, 7) is 3.95. The summed E-state index contributed by atoms with van der Waals surface area (Å²) >= 11 is 20.6. The van der Waals surface area contributed by atoms with E-state index in [2.05, 4.69) is 25.8 Å². The molecule has 2 heterocycles. The quantitative estimate of drug-likeness (QED) is 0.203. The van der Waals surface area contributed by atoms with E-state index in [-0.39, 0.29) is 23.5 Å². The fourth-order valence-corrected chi connectivity index (χ4v) is 5.36. The topological polar surface area (TPSA) is 102 Å². The van der Waals surface area contributed by atoms with E-state index in [1.807, 2.05) is 31.4 Å². The molecule has 0 saturated heterocycles. The molecule has 4 rings (SSSR count). The molecule has 13 heteroatoms. The number of amides is 2. The highest BCUT2D eigenvalue weighted by Gasteiger charge is 2.25. The number of hydrogen-bond acceptors (Lipinski definition) is 7. The summed E-state index contributed by atoms with van der Waals surface area (Å²) < 4.78 is 1.78. The minimum absolute atomic E-state index is 0.0190. The monoisotopic (exact) mass is 608 g/mol. The molecule has 0 saturated carbocycles. The average Bonchev–Trinajstić information content (AvgIpc) is 3.49. The number of rotatable bonds is 9. The van der Waals surface area contributed by atoms with Gasteiger partial charge >= 0.3 is 0 Å². The fourth-order valence-electron chi connectivity index (χ4n) is 3.48. The molecule has 0 aliphatic rings. The standard InChI is InChI=1S/C25H23Cl3N6O2S2/c1-13(2)21(31-23(36)15-6-9-17(27)18(28)10-15)22-32-33-25(34(22)3)38-12-20(35)30-24-29-19(11-37-24)14-4-7-16(26)8-5-14/h4-11,13,21H,12H2,1-3H3,(H,31,36)(H,29,30,35)/t21-/m0/s1. The minimum Gasteiger partial charge on any atom is -0.342 e. The number of thioether (sulfide) groups is 1. The van der Waals surface area contributed by atoms with Gasteiger partial charge in [-0.15, -0.1) is 21.5 Å². The number of carbonyl (C=O) groups is 2. The largest absolute Gasteiger partial charge is 0.342 e. The van der Waals surface area contributed by atoms with Gasteiger partial charge in [-0.1, -0.05) is 72.5 Å². The van der Waals surface area contributed by atoms with E-state index in [0.29, 0.717) is 36.7 Å². The Hall–Kier alpha value is -2.63. The van der Waals surface area contributed by atoms with Gasteiger partial charge in [-0.2, -0.15) is 0 Å². The van der Waals surface area contributed by atoms with E-state index < -0.39 is 6.04 Å². The molecule has 0 spiro atoms. The first kappa shape index (κ1) is 28.4. The van der Waals surface area contributed by atoms with Crippen molar-refractivity contribution in [3.8, 4) is 11.3 Å². The minimum atomic E-state index is -0.417. The van der Waals surface area contributed by atoms with Gasteiger partial charge in [0, 0.05) is 28.6 Å². The molecular weight excluding hydrogens is 587 g/mol. The molecule has 2 aromatic heterocycles. The average molecular weight is 610 g/mol. The number of nitrogens with zero attached hydrogens (tertiary/aromatic N) is 4. The SMILES string of the molecule is CC(C)[C@H](NC(=O)c1ccc(Cl)c(Cl)c1)c1nnc(SCC(=O)Nc2nc(-c3ccc(Cl)cc3)cs2)n1C. The van der Waals surface area contributed by atoms with Crippen molar-refractivity contribution < 1.29 is 9.59 Å². The molecule has 1 atom stereocenters. The Bertz CT molecular complexity index is 1460. The van der Waals surface area contributed by atoms with Crippen LogP contribution in [0.2, 0.25) is 15.1 Å². The zero-order chi connectivity index (χ0) is 27.4. The molecular formula is C25H23Cl3N6O2S2. The molecule has 0 aliphatic heterocycles. The van der Waals surface area contributed by atoms with Crippen molar-refractivity contribution in [2.75, 3.05) is 11.1 Å². The van der Waals surface area contributed by atoms with Gasteiger partial charge in [-0.25, -0.2) is 4.98 Å². The summed E-state index contributed by atoms with van der Waals surface area (Å²) in [6.07, 6.45) is 0. The third-order valence-corrected chi connectivity index (χ3v) is 8.27. The number of nitrogens with one attached hydrogen (secondary N) is 2. The van der Waals surface area contributed by atoms with Gasteiger partial charge in [0.05, 0.1) is 27.5 Å². The second-order valence-corrected chi connectivity index (χ2v) is 11.7. The molecule has 2 aromatic carbocycles.